The van der Waals surface area contributed by atoms with Crippen molar-refractivity contribution in [2.45, 2.75) is 27.7 Å². The molecule has 1 aromatic heterocycles. The maximum Gasteiger partial charge on any atom is 0.252 e. The van der Waals surface area contributed by atoms with Crippen molar-refractivity contribution in [3.63, 3.8) is 0 Å². The van der Waals surface area contributed by atoms with Crippen LogP contribution in [0.2, 0.25) is 0 Å². The molecule has 0 aliphatic carbocycles. The number of thiazole rings is 1. The number of anilines is 1. The number of ether oxygens (including phenoxy) is 3. The maximum atomic E-state index is 13.5. The Morgan fingerprint density at radius 1 is 0.972 bits per heavy atom. The first-order valence-corrected chi connectivity index (χ1v) is 12.6. The van der Waals surface area contributed by atoms with Gasteiger partial charge in [-0.25, -0.2) is 4.98 Å². The third kappa shape index (κ3) is 6.69. The molecule has 1 heterocycles. The van der Waals surface area contributed by atoms with Gasteiger partial charge in [-0.1, -0.05) is 31.3 Å². The molecule has 0 unspecified atom stereocenters. The van der Waals surface area contributed by atoms with Gasteiger partial charge in [0.2, 0.25) is 5.75 Å². The summed E-state index contributed by atoms with van der Waals surface area (Å²) in [7, 11) is 4.71. The zero-order valence-electron chi connectivity index (χ0n) is 22.1. The SMILES string of the molecule is CCN(CC)CCN(C(=O)C=Cc1cc(OC)c(OC)c(OC)c1)c1nc2cc(C)cc(C)c2s1.Cl. The fourth-order valence-corrected chi connectivity index (χ4v) is 5.06. The number of rotatable bonds is 11. The number of benzene rings is 2. The number of fused-ring (bicyclic) bond motifs is 1. The highest BCUT2D eigenvalue weighted by atomic mass is 35.5. The molecule has 0 bridgehead atoms. The van der Waals surface area contributed by atoms with E-state index in [2.05, 4.69) is 44.7 Å². The van der Waals surface area contributed by atoms with Crippen LogP contribution in [-0.4, -0.2) is 63.3 Å². The number of carbonyl (C=O) groups is 1. The molecule has 0 spiro atoms. The molecule has 3 aromatic rings. The summed E-state index contributed by atoms with van der Waals surface area (Å²) in [6.07, 6.45) is 3.34. The fourth-order valence-electron chi connectivity index (χ4n) is 4.02. The number of hydrogen-bond donors (Lipinski definition) is 0. The summed E-state index contributed by atoms with van der Waals surface area (Å²) < 4.78 is 17.4. The van der Waals surface area contributed by atoms with E-state index in [0.29, 0.717) is 28.9 Å². The summed E-state index contributed by atoms with van der Waals surface area (Å²) in [5.74, 6) is 1.46. The molecule has 0 N–H and O–H groups in total. The van der Waals surface area contributed by atoms with Gasteiger partial charge in [0.25, 0.3) is 5.91 Å². The first-order valence-electron chi connectivity index (χ1n) is 11.7. The molecular formula is C27H36ClN3O4S. The van der Waals surface area contributed by atoms with Gasteiger partial charge in [0.15, 0.2) is 16.6 Å². The van der Waals surface area contributed by atoms with E-state index in [1.165, 1.54) is 5.56 Å². The standard InChI is InChI=1S/C27H35N3O4S.ClH/c1-8-29(9-2)12-13-30(27-28-21-15-18(3)14-19(4)26(21)35-27)24(31)11-10-20-16-22(32-5)25(34-7)23(17-20)33-6;/h10-11,14-17H,8-9,12-13H2,1-7H3;1H. The van der Waals surface area contributed by atoms with E-state index < -0.39 is 0 Å². The second-order valence-corrected chi connectivity index (χ2v) is 9.21. The van der Waals surface area contributed by atoms with Crippen molar-refractivity contribution in [3.8, 4) is 17.2 Å². The topological polar surface area (TPSA) is 64.1 Å². The second-order valence-electron chi connectivity index (χ2n) is 8.24. The molecule has 9 heteroatoms. The average molecular weight is 534 g/mol. The Morgan fingerprint density at radius 3 is 2.17 bits per heavy atom. The number of carbonyl (C=O) groups excluding carboxylic acids is 1. The molecule has 2 aromatic carbocycles. The van der Waals surface area contributed by atoms with Crippen LogP contribution in [0.3, 0.4) is 0 Å². The van der Waals surface area contributed by atoms with Crippen LogP contribution in [0.15, 0.2) is 30.3 Å². The monoisotopic (exact) mass is 533 g/mol. The van der Waals surface area contributed by atoms with Crippen molar-refractivity contribution in [1.29, 1.82) is 0 Å². The van der Waals surface area contributed by atoms with Crippen molar-refractivity contribution in [2.75, 3.05) is 52.4 Å². The van der Waals surface area contributed by atoms with E-state index in [4.69, 9.17) is 19.2 Å². The zero-order chi connectivity index (χ0) is 25.5. The third-order valence-electron chi connectivity index (χ3n) is 5.95. The van der Waals surface area contributed by atoms with Gasteiger partial charge in [-0.2, -0.15) is 0 Å². The molecule has 0 saturated heterocycles. The average Bonchev–Trinajstić information content (AvgIpc) is 3.28. The molecule has 0 atom stereocenters. The summed E-state index contributed by atoms with van der Waals surface area (Å²) in [5.41, 5.74) is 4.03. The highest BCUT2D eigenvalue weighted by molar-refractivity contribution is 7.22. The van der Waals surface area contributed by atoms with E-state index in [1.54, 1.807) is 49.7 Å². The predicted octanol–water partition coefficient (Wildman–Crippen LogP) is 5.75. The Balaban J connectivity index is 0.00000456. The van der Waals surface area contributed by atoms with Crippen LogP contribution in [0.4, 0.5) is 5.13 Å². The highest BCUT2D eigenvalue weighted by Gasteiger charge is 2.20. The Labute approximate surface area is 224 Å². The number of hydrogen-bond acceptors (Lipinski definition) is 7. The summed E-state index contributed by atoms with van der Waals surface area (Å²) in [6.45, 7) is 11.6. The van der Waals surface area contributed by atoms with Gasteiger partial charge < -0.3 is 19.1 Å². The van der Waals surface area contributed by atoms with Crippen molar-refractivity contribution < 1.29 is 19.0 Å². The van der Waals surface area contributed by atoms with Gasteiger partial charge in [0.1, 0.15) is 0 Å². The smallest absolute Gasteiger partial charge is 0.252 e. The molecular weight excluding hydrogens is 498 g/mol. The molecule has 7 nitrogen and oxygen atoms in total. The summed E-state index contributed by atoms with van der Waals surface area (Å²) in [4.78, 5) is 22.4. The Bertz CT molecular complexity index is 1180. The summed E-state index contributed by atoms with van der Waals surface area (Å²) in [6, 6.07) is 7.85. The van der Waals surface area contributed by atoms with Gasteiger partial charge in [-0.3, -0.25) is 9.69 Å². The molecule has 0 radical (unpaired) electrons. The van der Waals surface area contributed by atoms with Gasteiger partial charge >= 0.3 is 0 Å². The van der Waals surface area contributed by atoms with Gasteiger partial charge in [-0.05, 0) is 67.9 Å². The zero-order valence-corrected chi connectivity index (χ0v) is 23.7. The number of halogens is 1. The minimum absolute atomic E-state index is 0. The number of aryl methyl sites for hydroxylation is 2. The van der Waals surface area contributed by atoms with Crippen LogP contribution in [0.25, 0.3) is 16.3 Å². The van der Waals surface area contributed by atoms with Crippen LogP contribution in [-0.2, 0) is 4.79 Å². The lowest BCUT2D eigenvalue weighted by Crippen LogP contribution is -2.38. The van der Waals surface area contributed by atoms with E-state index in [0.717, 1.165) is 41.0 Å². The first-order chi connectivity index (χ1) is 16.8. The molecule has 36 heavy (non-hydrogen) atoms. The highest BCUT2D eigenvalue weighted by Crippen LogP contribution is 2.38. The van der Waals surface area contributed by atoms with Crippen molar-refractivity contribution in [3.05, 3.63) is 47.0 Å². The van der Waals surface area contributed by atoms with E-state index in [1.807, 2.05) is 12.1 Å². The van der Waals surface area contributed by atoms with E-state index in [-0.39, 0.29) is 18.3 Å². The van der Waals surface area contributed by atoms with Crippen LogP contribution in [0.1, 0.15) is 30.5 Å². The quantitative estimate of drug-likeness (QED) is 0.292. The lowest BCUT2D eigenvalue weighted by atomic mass is 10.1. The molecule has 196 valence electrons. The van der Waals surface area contributed by atoms with Gasteiger partial charge in [0, 0.05) is 19.2 Å². The normalized spacial score (nSPS) is 11.1. The number of methoxy groups -OCH3 is 3. The van der Waals surface area contributed by atoms with Crippen LogP contribution >= 0.6 is 23.7 Å². The predicted molar refractivity (Wildman–Crippen MR) is 152 cm³/mol. The number of amides is 1. The largest absolute Gasteiger partial charge is 0.493 e. The molecule has 0 fully saturated rings. The Hall–Kier alpha value is -2.81. The van der Waals surface area contributed by atoms with E-state index in [9.17, 15) is 4.79 Å². The van der Waals surface area contributed by atoms with Crippen LogP contribution < -0.4 is 19.1 Å². The second kappa shape index (κ2) is 13.5. The summed E-state index contributed by atoms with van der Waals surface area (Å²) >= 11 is 1.56. The molecule has 0 aliphatic rings. The minimum atomic E-state index is -0.126. The number of aromatic nitrogens is 1. The molecule has 1 amide bonds. The van der Waals surface area contributed by atoms with Crippen molar-refractivity contribution in [2.24, 2.45) is 0 Å². The van der Waals surface area contributed by atoms with Gasteiger partial charge in [0.05, 0.1) is 31.5 Å². The van der Waals surface area contributed by atoms with Gasteiger partial charge in [-0.15, -0.1) is 12.4 Å². The van der Waals surface area contributed by atoms with Crippen LogP contribution in [0.5, 0.6) is 17.2 Å². The minimum Gasteiger partial charge on any atom is -0.493 e. The van der Waals surface area contributed by atoms with Crippen molar-refractivity contribution >= 4 is 51.1 Å². The molecule has 3 rings (SSSR count). The lowest BCUT2D eigenvalue weighted by Gasteiger charge is -2.23. The molecule has 0 aliphatic heterocycles. The van der Waals surface area contributed by atoms with Crippen molar-refractivity contribution in [1.82, 2.24) is 9.88 Å². The lowest BCUT2D eigenvalue weighted by molar-refractivity contribution is -0.114. The van der Waals surface area contributed by atoms with Crippen LogP contribution in [0, 0.1) is 13.8 Å². The number of likely N-dealkylation sites (N-methyl/N-ethyl adjacent to an activating group) is 1. The Kier molecular flexibility index (Phi) is 11.0. The van der Waals surface area contributed by atoms with E-state index >= 15 is 0 Å². The fraction of sp³-hybridized carbons (Fsp3) is 0.407. The molecule has 0 saturated carbocycles. The Morgan fingerprint density at radius 2 is 1.61 bits per heavy atom. The maximum absolute atomic E-state index is 13.5. The summed E-state index contributed by atoms with van der Waals surface area (Å²) in [5, 5.41) is 0.709. The number of nitrogens with zero attached hydrogens (tertiary/aromatic N) is 3. The first kappa shape index (κ1) is 29.4. The third-order valence-corrected chi connectivity index (χ3v) is 7.17.